The maximum Gasteiger partial charge on any atom is 0.500 e. The molecule has 3 nitrogen and oxygen atoms in total. The van der Waals surface area contributed by atoms with Gasteiger partial charge >= 0.3 is 8.80 Å². The fourth-order valence-electron chi connectivity index (χ4n) is 1.58. The molecular weight excluding hydrogens is 196 g/mol. The van der Waals surface area contributed by atoms with Crippen LogP contribution in [0.15, 0.2) is 0 Å². The quantitative estimate of drug-likeness (QED) is 0.589. The Hall–Kier alpha value is 0.0969. The summed E-state index contributed by atoms with van der Waals surface area (Å²) in [5.74, 6) is 0.612. The molecule has 0 aromatic rings. The molecule has 0 aliphatic rings. The highest BCUT2D eigenvalue weighted by Gasteiger charge is 2.38. The van der Waals surface area contributed by atoms with E-state index in [-0.39, 0.29) is 0 Å². The van der Waals surface area contributed by atoms with E-state index < -0.39 is 8.80 Å². The highest BCUT2D eigenvalue weighted by atomic mass is 28.4. The van der Waals surface area contributed by atoms with Gasteiger partial charge in [0, 0.05) is 27.4 Å². The van der Waals surface area contributed by atoms with E-state index in [0.717, 1.165) is 6.04 Å². The van der Waals surface area contributed by atoms with Crippen molar-refractivity contribution < 1.29 is 13.3 Å². The van der Waals surface area contributed by atoms with Gasteiger partial charge in [-0.15, -0.1) is 0 Å². The van der Waals surface area contributed by atoms with Gasteiger partial charge in [-0.25, -0.2) is 0 Å². The average molecular weight is 220 g/mol. The van der Waals surface area contributed by atoms with Gasteiger partial charge in [-0.05, 0) is 5.92 Å². The Morgan fingerprint density at radius 1 is 1.07 bits per heavy atom. The van der Waals surface area contributed by atoms with Gasteiger partial charge in [-0.3, -0.25) is 0 Å². The minimum absolute atomic E-state index is 0.612. The summed E-state index contributed by atoms with van der Waals surface area (Å²) < 4.78 is 16.1. The molecule has 1 unspecified atom stereocenters. The summed E-state index contributed by atoms with van der Waals surface area (Å²) in [5.41, 5.74) is 0. The molecule has 86 valence electrons. The van der Waals surface area contributed by atoms with Crippen LogP contribution in [0, 0.1) is 5.92 Å². The van der Waals surface area contributed by atoms with Crippen molar-refractivity contribution in [3.05, 3.63) is 0 Å². The van der Waals surface area contributed by atoms with Crippen molar-refractivity contribution in [1.82, 2.24) is 0 Å². The largest absolute Gasteiger partial charge is 0.500 e. The second-order valence-corrected chi connectivity index (χ2v) is 6.75. The van der Waals surface area contributed by atoms with Crippen LogP contribution in [0.5, 0.6) is 0 Å². The van der Waals surface area contributed by atoms with Crippen LogP contribution in [-0.4, -0.2) is 30.1 Å². The van der Waals surface area contributed by atoms with E-state index in [9.17, 15) is 0 Å². The second-order valence-electron chi connectivity index (χ2n) is 3.75. The van der Waals surface area contributed by atoms with Gasteiger partial charge in [0.15, 0.2) is 0 Å². The predicted octanol–water partition coefficient (Wildman–Crippen LogP) is 2.69. The Morgan fingerprint density at radius 2 is 1.57 bits per heavy atom. The minimum atomic E-state index is -2.33. The molecule has 0 spiro atoms. The highest BCUT2D eigenvalue weighted by molar-refractivity contribution is 6.60. The third kappa shape index (κ3) is 4.55. The fraction of sp³-hybridized carbons (Fsp3) is 1.00. The fourth-order valence-corrected chi connectivity index (χ4v) is 3.64. The normalized spacial score (nSPS) is 14.4. The summed E-state index contributed by atoms with van der Waals surface area (Å²) in [7, 11) is 2.69. The lowest BCUT2D eigenvalue weighted by molar-refractivity contribution is 0.118. The molecule has 0 rings (SSSR count). The van der Waals surface area contributed by atoms with Crippen LogP contribution in [0.3, 0.4) is 0 Å². The van der Waals surface area contributed by atoms with Crippen molar-refractivity contribution in [2.45, 2.75) is 39.2 Å². The SMILES string of the molecule is CCCCC(C)C[Si](OC)(OC)OC. The summed E-state index contributed by atoms with van der Waals surface area (Å²) in [6.07, 6.45) is 3.73. The first kappa shape index (κ1) is 14.1. The third-order valence-electron chi connectivity index (χ3n) is 2.58. The summed E-state index contributed by atoms with van der Waals surface area (Å²) in [6, 6.07) is 0.913. The van der Waals surface area contributed by atoms with Gasteiger partial charge in [0.05, 0.1) is 0 Å². The molecule has 0 aromatic heterocycles. The van der Waals surface area contributed by atoms with E-state index in [1.807, 2.05) is 0 Å². The van der Waals surface area contributed by atoms with Gasteiger partial charge in [0.2, 0.25) is 0 Å². The van der Waals surface area contributed by atoms with Crippen LogP contribution < -0.4 is 0 Å². The van der Waals surface area contributed by atoms with E-state index in [1.54, 1.807) is 21.3 Å². The van der Waals surface area contributed by atoms with E-state index in [4.69, 9.17) is 13.3 Å². The van der Waals surface area contributed by atoms with Crippen molar-refractivity contribution in [2.24, 2.45) is 5.92 Å². The molecule has 14 heavy (non-hydrogen) atoms. The van der Waals surface area contributed by atoms with Crippen molar-refractivity contribution >= 4 is 8.80 Å². The monoisotopic (exact) mass is 220 g/mol. The zero-order valence-corrected chi connectivity index (χ0v) is 11.1. The van der Waals surface area contributed by atoms with Crippen LogP contribution in [-0.2, 0) is 13.3 Å². The molecule has 0 fully saturated rings. The van der Waals surface area contributed by atoms with Crippen LogP contribution in [0.25, 0.3) is 0 Å². The Labute approximate surface area is 89.1 Å². The Kier molecular flexibility index (Phi) is 7.45. The molecule has 0 N–H and O–H groups in total. The zero-order valence-electron chi connectivity index (χ0n) is 10.1. The van der Waals surface area contributed by atoms with Gasteiger partial charge in [0.1, 0.15) is 0 Å². The Morgan fingerprint density at radius 3 is 1.93 bits per heavy atom. The summed E-state index contributed by atoms with van der Waals surface area (Å²) in [4.78, 5) is 0. The lowest BCUT2D eigenvalue weighted by Crippen LogP contribution is -2.44. The first-order valence-electron chi connectivity index (χ1n) is 5.29. The number of rotatable bonds is 8. The standard InChI is InChI=1S/C10H24O3Si/c1-6-7-8-10(2)9-14(11-3,12-4)13-5/h10H,6-9H2,1-5H3. The van der Waals surface area contributed by atoms with E-state index >= 15 is 0 Å². The molecular formula is C10H24O3Si. The molecule has 4 heteroatoms. The number of hydrogen-bond donors (Lipinski definition) is 0. The molecule has 0 aliphatic heterocycles. The molecule has 0 bridgehead atoms. The first-order chi connectivity index (χ1) is 6.64. The van der Waals surface area contributed by atoms with Gasteiger partial charge in [0.25, 0.3) is 0 Å². The lowest BCUT2D eigenvalue weighted by Gasteiger charge is -2.27. The lowest BCUT2D eigenvalue weighted by atomic mass is 10.1. The Balaban J connectivity index is 4.01. The molecule has 0 heterocycles. The first-order valence-corrected chi connectivity index (χ1v) is 7.22. The summed E-state index contributed by atoms with van der Waals surface area (Å²) in [5, 5.41) is 0. The molecule has 0 saturated heterocycles. The van der Waals surface area contributed by atoms with E-state index in [1.165, 1.54) is 19.3 Å². The maximum absolute atomic E-state index is 5.38. The Bertz CT molecular complexity index is 129. The van der Waals surface area contributed by atoms with Crippen LogP contribution in [0.2, 0.25) is 6.04 Å². The zero-order chi connectivity index (χ0) is 11.0. The van der Waals surface area contributed by atoms with E-state index in [2.05, 4.69) is 13.8 Å². The second kappa shape index (κ2) is 7.40. The van der Waals surface area contributed by atoms with Crippen molar-refractivity contribution in [1.29, 1.82) is 0 Å². The molecule has 0 aliphatic carbocycles. The molecule has 0 saturated carbocycles. The van der Waals surface area contributed by atoms with Gasteiger partial charge in [-0.1, -0.05) is 33.1 Å². The highest BCUT2D eigenvalue weighted by Crippen LogP contribution is 2.22. The van der Waals surface area contributed by atoms with Crippen LogP contribution in [0.1, 0.15) is 33.1 Å². The van der Waals surface area contributed by atoms with Crippen molar-refractivity contribution in [2.75, 3.05) is 21.3 Å². The summed E-state index contributed by atoms with van der Waals surface area (Å²) in [6.45, 7) is 4.44. The molecule has 1 atom stereocenters. The average Bonchev–Trinajstić information content (AvgIpc) is 2.23. The summed E-state index contributed by atoms with van der Waals surface area (Å²) >= 11 is 0. The smallest absolute Gasteiger partial charge is 0.377 e. The van der Waals surface area contributed by atoms with Gasteiger partial charge < -0.3 is 13.3 Å². The van der Waals surface area contributed by atoms with Crippen LogP contribution in [0.4, 0.5) is 0 Å². The van der Waals surface area contributed by atoms with Crippen LogP contribution >= 0.6 is 0 Å². The number of unbranched alkanes of at least 4 members (excludes halogenated alkanes) is 1. The van der Waals surface area contributed by atoms with Crippen molar-refractivity contribution in [3.63, 3.8) is 0 Å². The molecule has 0 radical (unpaired) electrons. The third-order valence-corrected chi connectivity index (χ3v) is 5.64. The number of hydrogen-bond acceptors (Lipinski definition) is 3. The molecule has 0 aromatic carbocycles. The predicted molar refractivity (Wildman–Crippen MR) is 60.3 cm³/mol. The minimum Gasteiger partial charge on any atom is -0.377 e. The topological polar surface area (TPSA) is 27.7 Å². The van der Waals surface area contributed by atoms with Crippen molar-refractivity contribution in [3.8, 4) is 0 Å². The van der Waals surface area contributed by atoms with E-state index in [0.29, 0.717) is 5.92 Å². The molecule has 0 amide bonds. The maximum atomic E-state index is 5.38. The van der Waals surface area contributed by atoms with Gasteiger partial charge in [-0.2, -0.15) is 0 Å².